The van der Waals surface area contributed by atoms with Crippen LogP contribution in [0, 0.1) is 0 Å². The van der Waals surface area contributed by atoms with Crippen LogP contribution in [0.4, 0.5) is 0 Å². The molecule has 0 bridgehead atoms. The number of aromatic nitrogens is 2. The zero-order valence-corrected chi connectivity index (χ0v) is 21.4. The van der Waals surface area contributed by atoms with E-state index < -0.39 is 0 Å². The summed E-state index contributed by atoms with van der Waals surface area (Å²) in [5.74, 6) is 1.63. The molecule has 2 rings (SSSR count). The number of aliphatic imine (C=N–C) groups is 1. The third-order valence-corrected chi connectivity index (χ3v) is 4.85. The molecule has 0 radical (unpaired) electrons. The van der Waals surface area contributed by atoms with E-state index in [-0.39, 0.29) is 24.0 Å². The zero-order chi connectivity index (χ0) is 21.2. The van der Waals surface area contributed by atoms with Crippen LogP contribution in [0.3, 0.4) is 0 Å². The van der Waals surface area contributed by atoms with Crippen LogP contribution in [-0.4, -0.2) is 60.0 Å². The summed E-state index contributed by atoms with van der Waals surface area (Å²) in [6.07, 6.45) is 3.03. The van der Waals surface area contributed by atoms with E-state index in [1.54, 1.807) is 14.2 Å². The number of methoxy groups -OCH3 is 1. The molecule has 1 aromatic heterocycles. The molecule has 0 atom stereocenters. The van der Waals surface area contributed by atoms with Crippen molar-refractivity contribution in [3.63, 3.8) is 0 Å². The molecule has 0 aliphatic rings. The lowest BCUT2D eigenvalue weighted by Crippen LogP contribution is -2.41. The predicted molar refractivity (Wildman–Crippen MR) is 135 cm³/mol. The van der Waals surface area contributed by atoms with Crippen molar-refractivity contribution in [1.82, 2.24) is 25.3 Å². The maximum atomic E-state index is 5.20. The molecule has 0 saturated heterocycles. The van der Waals surface area contributed by atoms with Gasteiger partial charge in [0.2, 0.25) is 0 Å². The first-order valence-electron chi connectivity index (χ1n) is 10.3. The van der Waals surface area contributed by atoms with E-state index in [2.05, 4.69) is 53.3 Å². The van der Waals surface area contributed by atoms with Crippen molar-refractivity contribution in [2.24, 2.45) is 4.99 Å². The summed E-state index contributed by atoms with van der Waals surface area (Å²) < 4.78 is 7.06. The minimum absolute atomic E-state index is 0. The number of halogens is 1. The smallest absolute Gasteiger partial charge is 0.191 e. The number of nitrogens with zero attached hydrogens (tertiary/aromatic N) is 4. The summed E-state index contributed by atoms with van der Waals surface area (Å²) in [5, 5.41) is 11.3. The summed E-state index contributed by atoms with van der Waals surface area (Å²) in [4.78, 5) is 6.81. The fourth-order valence-corrected chi connectivity index (χ4v) is 3.31. The molecular formula is C22H37IN6O. The number of hydrogen-bond donors (Lipinski definition) is 2. The number of guanidine groups is 1. The molecule has 1 aromatic carbocycles. The Morgan fingerprint density at radius 1 is 1.10 bits per heavy atom. The molecule has 7 nitrogen and oxygen atoms in total. The van der Waals surface area contributed by atoms with Gasteiger partial charge in [-0.05, 0) is 64.4 Å². The van der Waals surface area contributed by atoms with Gasteiger partial charge < -0.3 is 15.4 Å². The third kappa shape index (κ3) is 8.14. The maximum absolute atomic E-state index is 5.20. The van der Waals surface area contributed by atoms with E-state index in [1.165, 1.54) is 0 Å². The second-order valence-corrected chi connectivity index (χ2v) is 7.58. The number of nitrogens with one attached hydrogen (secondary N) is 2. The summed E-state index contributed by atoms with van der Waals surface area (Å²) in [7, 11) is 3.46. The number of benzene rings is 1. The standard InChI is InChI=1S/C22H36N6O.HI/c1-17(2)27(18(3)4)14-7-13-24-22(23-5)25-16-19-12-15-28(26-19)20-8-10-21(29-6)11-9-20;/h8-12,15,17-18H,7,13-14,16H2,1-6H3,(H2,23,24,25);1H. The number of rotatable bonds is 10. The van der Waals surface area contributed by atoms with Gasteiger partial charge in [0.15, 0.2) is 5.96 Å². The number of hydrogen-bond acceptors (Lipinski definition) is 4. The van der Waals surface area contributed by atoms with Crippen molar-refractivity contribution in [3.8, 4) is 11.4 Å². The first kappa shape index (κ1) is 26.2. The van der Waals surface area contributed by atoms with E-state index in [4.69, 9.17) is 4.74 Å². The molecule has 2 aromatic rings. The highest BCUT2D eigenvalue weighted by molar-refractivity contribution is 14.0. The molecule has 0 fully saturated rings. The van der Waals surface area contributed by atoms with Crippen LogP contribution in [0.5, 0.6) is 5.75 Å². The largest absolute Gasteiger partial charge is 0.497 e. The van der Waals surface area contributed by atoms with Crippen molar-refractivity contribution in [2.45, 2.75) is 52.7 Å². The maximum Gasteiger partial charge on any atom is 0.191 e. The molecular weight excluding hydrogens is 491 g/mol. The zero-order valence-electron chi connectivity index (χ0n) is 19.1. The quantitative estimate of drug-likeness (QED) is 0.213. The van der Waals surface area contributed by atoms with E-state index >= 15 is 0 Å². The van der Waals surface area contributed by atoms with Crippen LogP contribution in [0.1, 0.15) is 39.8 Å². The van der Waals surface area contributed by atoms with Crippen molar-refractivity contribution in [3.05, 3.63) is 42.2 Å². The molecule has 0 spiro atoms. The molecule has 0 aliphatic heterocycles. The van der Waals surface area contributed by atoms with Crippen LogP contribution in [0.2, 0.25) is 0 Å². The summed E-state index contributed by atoms with van der Waals surface area (Å²) in [5.41, 5.74) is 1.95. The van der Waals surface area contributed by atoms with Gasteiger partial charge in [0, 0.05) is 38.4 Å². The monoisotopic (exact) mass is 528 g/mol. The Balaban J connectivity index is 0.00000450. The van der Waals surface area contributed by atoms with E-state index in [0.29, 0.717) is 18.6 Å². The van der Waals surface area contributed by atoms with E-state index in [1.807, 2.05) is 41.2 Å². The Hall–Kier alpha value is -1.81. The van der Waals surface area contributed by atoms with Crippen LogP contribution in [-0.2, 0) is 6.54 Å². The lowest BCUT2D eigenvalue weighted by molar-refractivity contribution is 0.173. The molecule has 1 heterocycles. The van der Waals surface area contributed by atoms with Gasteiger partial charge >= 0.3 is 0 Å². The van der Waals surface area contributed by atoms with Gasteiger partial charge in [-0.25, -0.2) is 4.68 Å². The third-order valence-electron chi connectivity index (χ3n) is 4.85. The second kappa shape index (κ2) is 13.5. The Morgan fingerprint density at radius 3 is 2.33 bits per heavy atom. The first-order chi connectivity index (χ1) is 13.9. The molecule has 0 amide bonds. The number of ether oxygens (including phenoxy) is 1. The van der Waals surface area contributed by atoms with Gasteiger partial charge in [-0.1, -0.05) is 0 Å². The summed E-state index contributed by atoms with van der Waals surface area (Å²) >= 11 is 0. The van der Waals surface area contributed by atoms with Crippen LogP contribution >= 0.6 is 24.0 Å². The van der Waals surface area contributed by atoms with Gasteiger partial charge in [-0.15, -0.1) is 24.0 Å². The van der Waals surface area contributed by atoms with Crippen molar-refractivity contribution < 1.29 is 4.74 Å². The van der Waals surface area contributed by atoms with Gasteiger partial charge in [0.1, 0.15) is 5.75 Å². The topological polar surface area (TPSA) is 66.7 Å². The SMILES string of the molecule is CN=C(NCCCN(C(C)C)C(C)C)NCc1ccn(-c2ccc(OC)cc2)n1.I. The Morgan fingerprint density at radius 2 is 1.77 bits per heavy atom. The molecule has 8 heteroatoms. The molecule has 0 unspecified atom stereocenters. The Labute approximate surface area is 198 Å². The molecule has 30 heavy (non-hydrogen) atoms. The van der Waals surface area contributed by atoms with E-state index in [9.17, 15) is 0 Å². The fraction of sp³-hybridized carbons (Fsp3) is 0.545. The highest BCUT2D eigenvalue weighted by atomic mass is 127. The van der Waals surface area contributed by atoms with Crippen LogP contribution < -0.4 is 15.4 Å². The summed E-state index contributed by atoms with van der Waals surface area (Å²) in [6.45, 7) is 11.6. The van der Waals surface area contributed by atoms with Crippen molar-refractivity contribution in [2.75, 3.05) is 27.2 Å². The minimum atomic E-state index is 0. The summed E-state index contributed by atoms with van der Waals surface area (Å²) in [6, 6.07) is 11.0. The lowest BCUT2D eigenvalue weighted by atomic mass is 10.2. The van der Waals surface area contributed by atoms with Gasteiger partial charge in [-0.2, -0.15) is 5.10 Å². The van der Waals surface area contributed by atoms with E-state index in [0.717, 1.165) is 42.6 Å². The Kier molecular flexibility index (Phi) is 11.8. The minimum Gasteiger partial charge on any atom is -0.497 e. The lowest BCUT2D eigenvalue weighted by Gasteiger charge is -2.30. The molecule has 168 valence electrons. The highest BCUT2D eigenvalue weighted by Crippen LogP contribution is 2.14. The average molecular weight is 528 g/mol. The Bertz CT molecular complexity index is 749. The molecule has 0 saturated carbocycles. The fourth-order valence-electron chi connectivity index (χ4n) is 3.31. The normalized spacial score (nSPS) is 11.7. The average Bonchev–Trinajstić information content (AvgIpc) is 3.18. The van der Waals surface area contributed by atoms with Crippen molar-refractivity contribution in [1.29, 1.82) is 0 Å². The van der Waals surface area contributed by atoms with Gasteiger partial charge in [0.25, 0.3) is 0 Å². The highest BCUT2D eigenvalue weighted by Gasteiger charge is 2.12. The second-order valence-electron chi connectivity index (χ2n) is 7.58. The molecule has 0 aliphatic carbocycles. The molecule has 2 N–H and O–H groups in total. The predicted octanol–water partition coefficient (Wildman–Crippen LogP) is 3.67. The van der Waals surface area contributed by atoms with Gasteiger partial charge in [0.05, 0.1) is 25.0 Å². The first-order valence-corrected chi connectivity index (χ1v) is 10.3. The van der Waals surface area contributed by atoms with Gasteiger partial charge in [-0.3, -0.25) is 9.89 Å². The van der Waals surface area contributed by atoms with Crippen LogP contribution in [0.25, 0.3) is 5.69 Å². The van der Waals surface area contributed by atoms with Crippen LogP contribution in [0.15, 0.2) is 41.5 Å². The van der Waals surface area contributed by atoms with Crippen molar-refractivity contribution >= 4 is 29.9 Å².